The van der Waals surface area contributed by atoms with Crippen LogP contribution < -0.4 is 10.1 Å². The number of hydrogen-bond donors (Lipinski definition) is 1. The molecule has 6 nitrogen and oxygen atoms in total. The van der Waals surface area contributed by atoms with Crippen molar-refractivity contribution in [2.75, 3.05) is 18.1 Å². The van der Waals surface area contributed by atoms with Crippen molar-refractivity contribution in [3.63, 3.8) is 0 Å². The molecule has 0 unspecified atom stereocenters. The largest absolute Gasteiger partial charge is 0.455 e. The molecular formula is C19H24N2O4S. The van der Waals surface area contributed by atoms with Crippen molar-refractivity contribution in [2.45, 2.75) is 26.3 Å². The number of carbonyl (C=O) groups is 1. The van der Waals surface area contributed by atoms with Crippen LogP contribution in [0.15, 0.2) is 54.6 Å². The van der Waals surface area contributed by atoms with E-state index in [-0.39, 0.29) is 6.54 Å². The third kappa shape index (κ3) is 5.57. The zero-order valence-corrected chi connectivity index (χ0v) is 16.2. The van der Waals surface area contributed by atoms with Crippen molar-refractivity contribution in [2.24, 2.45) is 0 Å². The van der Waals surface area contributed by atoms with Gasteiger partial charge in [0.25, 0.3) is 0 Å². The molecule has 1 amide bonds. The molecule has 0 heterocycles. The molecule has 0 saturated carbocycles. The van der Waals surface area contributed by atoms with Crippen molar-refractivity contribution >= 4 is 21.6 Å². The summed E-state index contributed by atoms with van der Waals surface area (Å²) in [5.74, 6) is 0.685. The molecule has 1 N–H and O–H groups in total. The quantitative estimate of drug-likeness (QED) is 0.837. The molecular weight excluding hydrogens is 352 g/mol. The molecule has 0 aliphatic carbocycles. The van der Waals surface area contributed by atoms with Gasteiger partial charge in [0.05, 0.1) is 18.5 Å². The van der Waals surface area contributed by atoms with E-state index in [9.17, 15) is 13.2 Å². The highest BCUT2D eigenvalue weighted by atomic mass is 32.2. The van der Waals surface area contributed by atoms with Crippen LogP contribution in [-0.2, 0) is 14.8 Å². The highest BCUT2D eigenvalue weighted by Crippen LogP contribution is 2.29. The van der Waals surface area contributed by atoms with E-state index < -0.39 is 21.5 Å². The molecule has 0 atom stereocenters. The third-order valence-electron chi connectivity index (χ3n) is 3.57. The zero-order chi connectivity index (χ0) is 19.4. The Morgan fingerprint density at radius 1 is 1.04 bits per heavy atom. The first kappa shape index (κ1) is 19.9. The summed E-state index contributed by atoms with van der Waals surface area (Å²) in [7, 11) is -3.53. The summed E-state index contributed by atoms with van der Waals surface area (Å²) in [5, 5.41) is 2.74. The number of sulfonamides is 1. The number of hydrogen-bond acceptors (Lipinski definition) is 4. The predicted octanol–water partition coefficient (Wildman–Crippen LogP) is 3.48. The van der Waals surface area contributed by atoms with Crippen molar-refractivity contribution in [3.8, 4) is 11.5 Å². The Morgan fingerprint density at radius 3 is 2.19 bits per heavy atom. The van der Waals surface area contributed by atoms with Crippen LogP contribution in [0.2, 0.25) is 0 Å². The summed E-state index contributed by atoms with van der Waals surface area (Å²) in [5.41, 5.74) is -0.228. The number of para-hydroxylation sites is 3. The number of benzene rings is 2. The molecule has 140 valence electrons. The molecule has 26 heavy (non-hydrogen) atoms. The molecule has 0 saturated heterocycles. The molecule has 0 bridgehead atoms. The Kier molecular flexibility index (Phi) is 6.05. The van der Waals surface area contributed by atoms with Gasteiger partial charge >= 0.3 is 0 Å². The minimum atomic E-state index is -3.53. The van der Waals surface area contributed by atoms with Gasteiger partial charge in [0, 0.05) is 5.54 Å². The van der Waals surface area contributed by atoms with E-state index in [1.165, 1.54) is 0 Å². The second-order valence-electron chi connectivity index (χ2n) is 6.90. The molecule has 0 radical (unpaired) electrons. The van der Waals surface area contributed by atoms with Crippen LogP contribution >= 0.6 is 0 Å². The van der Waals surface area contributed by atoms with Gasteiger partial charge in [0.2, 0.25) is 15.9 Å². The second-order valence-corrected chi connectivity index (χ2v) is 8.81. The predicted molar refractivity (Wildman–Crippen MR) is 103 cm³/mol. The summed E-state index contributed by atoms with van der Waals surface area (Å²) in [6.45, 7) is 4.96. The van der Waals surface area contributed by atoms with Gasteiger partial charge in [-0.25, -0.2) is 8.42 Å². The van der Waals surface area contributed by atoms with Crippen molar-refractivity contribution < 1.29 is 17.9 Å². The maximum atomic E-state index is 12.4. The highest BCUT2D eigenvalue weighted by Gasteiger charge is 2.31. The molecule has 7 heteroatoms. The Morgan fingerprint density at radius 2 is 1.62 bits per heavy atom. The van der Waals surface area contributed by atoms with Gasteiger partial charge in [-0.05, 0) is 45.0 Å². The van der Waals surface area contributed by atoms with Crippen LogP contribution in [0.3, 0.4) is 0 Å². The fourth-order valence-corrected chi connectivity index (χ4v) is 3.79. The molecule has 2 aromatic rings. The van der Waals surface area contributed by atoms with Crippen molar-refractivity contribution in [3.05, 3.63) is 54.6 Å². The van der Waals surface area contributed by atoms with Gasteiger partial charge < -0.3 is 10.1 Å². The first-order valence-electron chi connectivity index (χ1n) is 8.17. The lowest BCUT2D eigenvalue weighted by Crippen LogP contribution is -2.48. The number of nitrogens with one attached hydrogen (secondary N) is 1. The fraction of sp³-hybridized carbons (Fsp3) is 0.316. The zero-order valence-electron chi connectivity index (χ0n) is 15.4. The lowest BCUT2D eigenvalue weighted by Gasteiger charge is -2.32. The minimum absolute atomic E-state index is 0.276. The molecule has 0 aromatic heterocycles. The van der Waals surface area contributed by atoms with Crippen LogP contribution in [0.4, 0.5) is 5.69 Å². The normalized spacial score (nSPS) is 12.0. The number of nitrogens with zero attached hydrogens (tertiary/aromatic N) is 1. The van der Waals surface area contributed by atoms with Crippen LogP contribution in [0.1, 0.15) is 20.8 Å². The monoisotopic (exact) mass is 376 g/mol. The van der Waals surface area contributed by atoms with Crippen LogP contribution in [0, 0.1) is 0 Å². The summed E-state index contributed by atoms with van der Waals surface area (Å²) in [6, 6.07) is 16.2. The third-order valence-corrected chi connectivity index (χ3v) is 5.05. The maximum Gasteiger partial charge on any atom is 0.239 e. The first-order valence-corrected chi connectivity index (χ1v) is 10.0. The molecule has 2 aromatic carbocycles. The molecule has 0 aliphatic rings. The SMILES string of the molecule is CC(C)(C)N(CC(=O)Nc1ccccc1Oc1ccccc1)S(C)(=O)=O. The number of ether oxygens (including phenoxy) is 1. The maximum absolute atomic E-state index is 12.4. The van der Waals surface area contributed by atoms with E-state index in [2.05, 4.69) is 5.32 Å². The van der Waals surface area contributed by atoms with Crippen molar-refractivity contribution in [1.82, 2.24) is 4.31 Å². The van der Waals surface area contributed by atoms with E-state index in [1.54, 1.807) is 45.0 Å². The van der Waals surface area contributed by atoms with Crippen LogP contribution in [-0.4, -0.2) is 37.0 Å². The van der Waals surface area contributed by atoms with Gasteiger partial charge in [-0.2, -0.15) is 4.31 Å². The summed E-state index contributed by atoms with van der Waals surface area (Å²) >= 11 is 0. The van der Waals surface area contributed by atoms with Crippen LogP contribution in [0.5, 0.6) is 11.5 Å². The fourth-order valence-electron chi connectivity index (χ4n) is 2.45. The Bertz CT molecular complexity index is 859. The van der Waals surface area contributed by atoms with E-state index in [0.29, 0.717) is 17.2 Å². The number of anilines is 1. The highest BCUT2D eigenvalue weighted by molar-refractivity contribution is 7.88. The standard InChI is InChI=1S/C19H24N2O4S/c1-19(2,3)21(26(4,23)24)14-18(22)20-16-12-8-9-13-17(16)25-15-10-6-5-7-11-15/h5-13H,14H2,1-4H3,(H,20,22). The Balaban J connectivity index is 2.17. The molecule has 0 fully saturated rings. The van der Waals surface area contributed by atoms with E-state index in [1.807, 2.05) is 30.3 Å². The van der Waals surface area contributed by atoms with E-state index in [0.717, 1.165) is 10.6 Å². The number of amides is 1. The second kappa shape index (κ2) is 7.88. The molecule has 0 aliphatic heterocycles. The van der Waals surface area contributed by atoms with Gasteiger partial charge in [0.15, 0.2) is 5.75 Å². The average molecular weight is 376 g/mol. The van der Waals surface area contributed by atoms with Crippen molar-refractivity contribution in [1.29, 1.82) is 0 Å². The van der Waals surface area contributed by atoms with Gasteiger partial charge in [-0.3, -0.25) is 4.79 Å². The minimum Gasteiger partial charge on any atom is -0.455 e. The van der Waals surface area contributed by atoms with Gasteiger partial charge in [-0.1, -0.05) is 30.3 Å². The van der Waals surface area contributed by atoms with E-state index in [4.69, 9.17) is 4.74 Å². The smallest absolute Gasteiger partial charge is 0.239 e. The molecule has 0 spiro atoms. The Hall–Kier alpha value is -2.38. The number of carbonyl (C=O) groups excluding carboxylic acids is 1. The van der Waals surface area contributed by atoms with Gasteiger partial charge in [0.1, 0.15) is 5.75 Å². The number of rotatable bonds is 6. The topological polar surface area (TPSA) is 75.7 Å². The summed E-state index contributed by atoms with van der Waals surface area (Å²) in [6.07, 6.45) is 1.10. The lowest BCUT2D eigenvalue weighted by atomic mass is 10.1. The average Bonchev–Trinajstić information content (AvgIpc) is 2.53. The Labute approximate surface area is 154 Å². The van der Waals surface area contributed by atoms with Gasteiger partial charge in [-0.15, -0.1) is 0 Å². The molecule has 2 rings (SSSR count). The first-order chi connectivity index (χ1) is 12.1. The lowest BCUT2D eigenvalue weighted by molar-refractivity contribution is -0.117. The summed E-state index contributed by atoms with van der Waals surface area (Å²) in [4.78, 5) is 12.4. The van der Waals surface area contributed by atoms with E-state index >= 15 is 0 Å². The van der Waals surface area contributed by atoms with Crippen LogP contribution in [0.25, 0.3) is 0 Å². The summed E-state index contributed by atoms with van der Waals surface area (Å²) < 4.78 is 31.0.